The Morgan fingerprint density at radius 2 is 1.66 bits per heavy atom. The molecule has 7 nitrogen and oxygen atoms in total. The van der Waals surface area contributed by atoms with Crippen molar-refractivity contribution in [1.29, 1.82) is 0 Å². The third-order valence-corrected chi connectivity index (χ3v) is 6.69. The lowest BCUT2D eigenvalue weighted by Gasteiger charge is -2.33. The summed E-state index contributed by atoms with van der Waals surface area (Å²) < 4.78 is 37.3. The molecule has 1 saturated heterocycles. The molecule has 1 aliphatic rings. The molecule has 3 rings (SSSR count). The van der Waals surface area contributed by atoms with Crippen LogP contribution in [0.25, 0.3) is 6.08 Å². The second kappa shape index (κ2) is 9.11. The second-order valence-electron chi connectivity index (χ2n) is 6.48. The van der Waals surface area contributed by atoms with E-state index in [0.717, 1.165) is 5.56 Å². The van der Waals surface area contributed by atoms with Crippen LogP contribution in [0.5, 0.6) is 11.5 Å². The monoisotopic (exact) mass is 416 g/mol. The van der Waals surface area contributed by atoms with Gasteiger partial charge in [-0.15, -0.1) is 0 Å². The van der Waals surface area contributed by atoms with Gasteiger partial charge in [-0.25, -0.2) is 8.42 Å². The molecule has 0 bridgehead atoms. The maximum absolute atomic E-state index is 12.7. The lowest BCUT2D eigenvalue weighted by Crippen LogP contribution is -2.50. The van der Waals surface area contributed by atoms with E-state index in [4.69, 9.17) is 9.47 Å². The molecule has 2 aromatic carbocycles. The van der Waals surface area contributed by atoms with Crippen LogP contribution in [-0.4, -0.2) is 63.9 Å². The Bertz CT molecular complexity index is 981. The molecule has 154 valence electrons. The second-order valence-corrected chi connectivity index (χ2v) is 8.42. The molecule has 0 atom stereocenters. The Labute approximate surface area is 171 Å². The molecule has 0 aromatic heterocycles. The molecule has 0 unspecified atom stereocenters. The van der Waals surface area contributed by atoms with Crippen molar-refractivity contribution in [2.45, 2.75) is 4.90 Å². The van der Waals surface area contributed by atoms with E-state index in [2.05, 4.69) is 0 Å². The Kier molecular flexibility index (Phi) is 6.56. The first-order chi connectivity index (χ1) is 14.0. The van der Waals surface area contributed by atoms with Gasteiger partial charge in [0.05, 0.1) is 19.1 Å². The molecule has 1 aliphatic heterocycles. The third kappa shape index (κ3) is 4.78. The van der Waals surface area contributed by atoms with E-state index in [9.17, 15) is 13.2 Å². The highest BCUT2D eigenvalue weighted by atomic mass is 32.2. The van der Waals surface area contributed by atoms with Crippen LogP contribution in [0.4, 0.5) is 0 Å². The molecule has 8 heteroatoms. The number of hydrogen-bond donors (Lipinski definition) is 0. The molecule has 0 N–H and O–H groups in total. The van der Waals surface area contributed by atoms with Crippen molar-refractivity contribution < 1.29 is 22.7 Å². The number of rotatable bonds is 6. The number of sulfonamides is 1. The Morgan fingerprint density at radius 1 is 0.966 bits per heavy atom. The largest absolute Gasteiger partial charge is 0.497 e. The van der Waals surface area contributed by atoms with E-state index in [1.165, 1.54) is 10.4 Å². The molecule has 2 aromatic rings. The topological polar surface area (TPSA) is 76.2 Å². The number of nitrogens with zero attached hydrogens (tertiary/aromatic N) is 2. The highest BCUT2D eigenvalue weighted by molar-refractivity contribution is 7.89. The SMILES string of the molecule is COc1ccc(/C=C/C(=O)N2CCN(S(=O)(=O)c3ccccc3)CC2)c(OC)c1. The lowest BCUT2D eigenvalue weighted by molar-refractivity contribution is -0.127. The van der Waals surface area contributed by atoms with E-state index < -0.39 is 10.0 Å². The van der Waals surface area contributed by atoms with Gasteiger partial charge in [-0.2, -0.15) is 4.31 Å². The van der Waals surface area contributed by atoms with Gasteiger partial charge in [0, 0.05) is 43.9 Å². The summed E-state index contributed by atoms with van der Waals surface area (Å²) >= 11 is 0. The van der Waals surface area contributed by atoms with Gasteiger partial charge in [-0.05, 0) is 30.3 Å². The zero-order chi connectivity index (χ0) is 20.9. The molecular formula is C21H24N2O5S. The van der Waals surface area contributed by atoms with Crippen LogP contribution in [0.2, 0.25) is 0 Å². The molecule has 1 fully saturated rings. The van der Waals surface area contributed by atoms with E-state index in [1.807, 2.05) is 6.07 Å². The van der Waals surface area contributed by atoms with Crippen molar-refractivity contribution in [1.82, 2.24) is 9.21 Å². The van der Waals surface area contributed by atoms with Crippen molar-refractivity contribution in [3.05, 3.63) is 60.2 Å². The molecule has 1 heterocycles. The maximum Gasteiger partial charge on any atom is 0.246 e. The predicted molar refractivity (Wildman–Crippen MR) is 110 cm³/mol. The van der Waals surface area contributed by atoms with Crippen molar-refractivity contribution >= 4 is 22.0 Å². The Morgan fingerprint density at radius 3 is 2.28 bits per heavy atom. The Hall–Kier alpha value is -2.84. The highest BCUT2D eigenvalue weighted by Crippen LogP contribution is 2.25. The van der Waals surface area contributed by atoms with Crippen molar-refractivity contribution in [3.63, 3.8) is 0 Å². The van der Waals surface area contributed by atoms with E-state index in [-0.39, 0.29) is 23.9 Å². The number of amides is 1. The van der Waals surface area contributed by atoms with Gasteiger partial charge in [0.2, 0.25) is 15.9 Å². The summed E-state index contributed by atoms with van der Waals surface area (Å²) in [4.78, 5) is 14.4. The van der Waals surface area contributed by atoms with Crippen molar-refractivity contribution in [3.8, 4) is 11.5 Å². The van der Waals surface area contributed by atoms with E-state index in [1.54, 1.807) is 67.7 Å². The van der Waals surface area contributed by atoms with Gasteiger partial charge in [0.15, 0.2) is 0 Å². The molecule has 0 radical (unpaired) electrons. The molecule has 29 heavy (non-hydrogen) atoms. The Balaban J connectivity index is 1.63. The number of carbonyl (C=O) groups excluding carboxylic acids is 1. The van der Waals surface area contributed by atoms with Gasteiger partial charge < -0.3 is 14.4 Å². The third-order valence-electron chi connectivity index (χ3n) is 4.78. The maximum atomic E-state index is 12.7. The number of methoxy groups -OCH3 is 2. The minimum absolute atomic E-state index is 0.167. The molecule has 1 amide bonds. The molecule has 0 saturated carbocycles. The number of hydrogen-bond acceptors (Lipinski definition) is 5. The van der Waals surface area contributed by atoms with Gasteiger partial charge in [0.25, 0.3) is 0 Å². The summed E-state index contributed by atoms with van der Waals surface area (Å²) in [5.74, 6) is 1.10. The smallest absolute Gasteiger partial charge is 0.246 e. The van der Waals surface area contributed by atoms with E-state index in [0.29, 0.717) is 24.6 Å². The normalized spacial score (nSPS) is 15.4. The number of ether oxygens (including phenoxy) is 2. The van der Waals surface area contributed by atoms with E-state index >= 15 is 0 Å². The van der Waals surface area contributed by atoms with Crippen LogP contribution in [0.1, 0.15) is 5.56 Å². The fraction of sp³-hybridized carbons (Fsp3) is 0.286. The zero-order valence-corrected chi connectivity index (χ0v) is 17.3. The minimum Gasteiger partial charge on any atom is -0.497 e. The highest BCUT2D eigenvalue weighted by Gasteiger charge is 2.29. The van der Waals surface area contributed by atoms with Crippen LogP contribution in [0, 0.1) is 0 Å². The first-order valence-corrected chi connectivity index (χ1v) is 10.6. The summed E-state index contributed by atoms with van der Waals surface area (Å²) in [6.07, 6.45) is 3.17. The lowest BCUT2D eigenvalue weighted by atomic mass is 10.1. The number of piperazine rings is 1. The minimum atomic E-state index is -3.53. The predicted octanol–water partition coefficient (Wildman–Crippen LogP) is 2.25. The number of benzene rings is 2. The van der Waals surface area contributed by atoms with Crippen LogP contribution in [-0.2, 0) is 14.8 Å². The summed E-state index contributed by atoms with van der Waals surface area (Å²) in [7, 11) is -0.402. The number of carbonyl (C=O) groups is 1. The molecular weight excluding hydrogens is 392 g/mol. The summed E-state index contributed by atoms with van der Waals surface area (Å²) in [6, 6.07) is 13.7. The molecule has 0 spiro atoms. The fourth-order valence-corrected chi connectivity index (χ4v) is 4.56. The fourth-order valence-electron chi connectivity index (χ4n) is 3.11. The molecule has 0 aliphatic carbocycles. The van der Waals surface area contributed by atoms with Gasteiger partial charge in [-0.1, -0.05) is 18.2 Å². The summed E-state index contributed by atoms with van der Waals surface area (Å²) in [5.41, 5.74) is 0.756. The first kappa shape index (κ1) is 20.9. The van der Waals surface area contributed by atoms with Crippen LogP contribution in [0.15, 0.2) is 59.5 Å². The summed E-state index contributed by atoms with van der Waals surface area (Å²) in [5, 5.41) is 0. The van der Waals surface area contributed by atoms with Crippen molar-refractivity contribution in [2.24, 2.45) is 0 Å². The van der Waals surface area contributed by atoms with Gasteiger partial charge in [0.1, 0.15) is 11.5 Å². The zero-order valence-electron chi connectivity index (χ0n) is 16.4. The average molecular weight is 416 g/mol. The first-order valence-electron chi connectivity index (χ1n) is 9.20. The van der Waals surface area contributed by atoms with Gasteiger partial charge >= 0.3 is 0 Å². The van der Waals surface area contributed by atoms with Gasteiger partial charge in [-0.3, -0.25) is 4.79 Å². The van der Waals surface area contributed by atoms with Crippen LogP contribution >= 0.6 is 0 Å². The van der Waals surface area contributed by atoms with Crippen LogP contribution in [0.3, 0.4) is 0 Å². The standard InChI is InChI=1S/C21H24N2O5S/c1-27-18-10-8-17(20(16-18)28-2)9-11-21(24)22-12-14-23(15-13-22)29(25,26)19-6-4-3-5-7-19/h3-11,16H,12-15H2,1-2H3/b11-9+. The van der Waals surface area contributed by atoms with Crippen LogP contribution < -0.4 is 9.47 Å². The summed E-state index contributed by atoms with van der Waals surface area (Å²) in [6.45, 7) is 1.22. The quantitative estimate of drug-likeness (QED) is 0.675. The van der Waals surface area contributed by atoms with Crippen molar-refractivity contribution in [2.75, 3.05) is 40.4 Å². The average Bonchev–Trinajstić information content (AvgIpc) is 2.78.